The summed E-state index contributed by atoms with van der Waals surface area (Å²) in [6, 6.07) is 5.49. The van der Waals surface area contributed by atoms with Gasteiger partial charge in [-0.15, -0.1) is 0 Å². The SMILES string of the molecule is COc1ccc2[nH]c(-c3nc(C[C@@H]4CCOC[C@@H]4N)cnc3C(N)=O)cc2c1OC. The highest BCUT2D eigenvalue weighted by Gasteiger charge is 2.25. The molecule has 1 fully saturated rings. The van der Waals surface area contributed by atoms with Gasteiger partial charge in [-0.3, -0.25) is 4.79 Å². The molecule has 1 aliphatic heterocycles. The highest BCUT2D eigenvalue weighted by molar-refractivity contribution is 5.99. The van der Waals surface area contributed by atoms with Gasteiger partial charge in [0, 0.05) is 29.7 Å². The predicted molar refractivity (Wildman–Crippen MR) is 112 cm³/mol. The van der Waals surface area contributed by atoms with Gasteiger partial charge >= 0.3 is 0 Å². The van der Waals surface area contributed by atoms with E-state index in [1.807, 2.05) is 18.2 Å². The highest BCUT2D eigenvalue weighted by atomic mass is 16.5. The Balaban J connectivity index is 1.77. The number of aromatic amines is 1. The zero-order valence-electron chi connectivity index (χ0n) is 17.0. The molecule has 0 aliphatic carbocycles. The molecule has 5 N–H and O–H groups in total. The van der Waals surface area contributed by atoms with Crippen LogP contribution >= 0.6 is 0 Å². The van der Waals surface area contributed by atoms with Crippen molar-refractivity contribution >= 4 is 16.8 Å². The van der Waals surface area contributed by atoms with Crippen molar-refractivity contribution in [2.45, 2.75) is 18.9 Å². The van der Waals surface area contributed by atoms with Crippen LogP contribution in [0.4, 0.5) is 0 Å². The van der Waals surface area contributed by atoms with Crippen molar-refractivity contribution in [2.24, 2.45) is 17.4 Å². The maximum absolute atomic E-state index is 12.0. The molecule has 4 rings (SSSR count). The molecular formula is C21H25N5O4. The first-order valence-corrected chi connectivity index (χ1v) is 9.75. The van der Waals surface area contributed by atoms with E-state index in [1.165, 1.54) is 0 Å². The lowest BCUT2D eigenvalue weighted by molar-refractivity contribution is 0.0489. The van der Waals surface area contributed by atoms with Crippen LogP contribution in [0.3, 0.4) is 0 Å². The Kier molecular flexibility index (Phi) is 5.56. The van der Waals surface area contributed by atoms with Crippen LogP contribution in [0.15, 0.2) is 24.4 Å². The van der Waals surface area contributed by atoms with Crippen molar-refractivity contribution in [1.29, 1.82) is 0 Å². The van der Waals surface area contributed by atoms with Crippen molar-refractivity contribution in [3.8, 4) is 22.9 Å². The maximum Gasteiger partial charge on any atom is 0.269 e. The molecule has 1 aliphatic rings. The molecule has 3 heterocycles. The van der Waals surface area contributed by atoms with Crippen molar-refractivity contribution in [1.82, 2.24) is 15.0 Å². The summed E-state index contributed by atoms with van der Waals surface area (Å²) in [6.45, 7) is 1.22. The van der Waals surface area contributed by atoms with E-state index in [1.54, 1.807) is 20.4 Å². The number of nitrogens with two attached hydrogens (primary N) is 2. The minimum atomic E-state index is -0.644. The van der Waals surface area contributed by atoms with E-state index >= 15 is 0 Å². The third-order valence-corrected chi connectivity index (χ3v) is 5.47. The van der Waals surface area contributed by atoms with Gasteiger partial charge < -0.3 is 30.7 Å². The second-order valence-corrected chi connectivity index (χ2v) is 7.36. The number of benzene rings is 1. The van der Waals surface area contributed by atoms with Crippen molar-refractivity contribution in [3.63, 3.8) is 0 Å². The van der Waals surface area contributed by atoms with Crippen LogP contribution in [-0.2, 0) is 11.2 Å². The van der Waals surface area contributed by atoms with E-state index in [4.69, 9.17) is 30.7 Å². The Labute approximate surface area is 173 Å². The largest absolute Gasteiger partial charge is 0.493 e. The summed E-state index contributed by atoms with van der Waals surface area (Å²) in [5, 5.41) is 0.806. The van der Waals surface area contributed by atoms with Gasteiger partial charge in [0.2, 0.25) is 0 Å². The normalized spacial score (nSPS) is 19.0. The van der Waals surface area contributed by atoms with Crippen molar-refractivity contribution in [2.75, 3.05) is 27.4 Å². The number of H-pyrrole nitrogens is 1. The third-order valence-electron chi connectivity index (χ3n) is 5.47. The zero-order chi connectivity index (χ0) is 21.3. The molecule has 2 atom stereocenters. The molecule has 9 nitrogen and oxygen atoms in total. The van der Waals surface area contributed by atoms with Gasteiger partial charge in [0.05, 0.1) is 32.2 Å². The number of primary amides is 1. The van der Waals surface area contributed by atoms with E-state index < -0.39 is 5.91 Å². The van der Waals surface area contributed by atoms with Crippen LogP contribution < -0.4 is 20.9 Å². The number of carbonyl (C=O) groups excluding carboxylic acids is 1. The number of nitrogens with one attached hydrogen (secondary N) is 1. The standard InChI is InChI=1S/C21H25N5O4/c1-28-17-4-3-15-13(20(17)29-2)8-16(26-15)18-19(21(23)27)24-9-12(25-18)7-11-5-6-30-10-14(11)22/h3-4,8-9,11,14,26H,5-7,10,22H2,1-2H3,(H2,23,27)/t11-,14-/m0/s1. The second-order valence-electron chi connectivity index (χ2n) is 7.36. The first-order valence-electron chi connectivity index (χ1n) is 9.75. The molecule has 9 heteroatoms. The summed E-state index contributed by atoms with van der Waals surface area (Å²) in [5.74, 6) is 0.803. The van der Waals surface area contributed by atoms with Gasteiger partial charge in [0.1, 0.15) is 5.69 Å². The Morgan fingerprint density at radius 1 is 1.33 bits per heavy atom. The van der Waals surface area contributed by atoms with Crippen LogP contribution in [0.1, 0.15) is 22.6 Å². The Morgan fingerprint density at radius 2 is 2.17 bits per heavy atom. The molecule has 0 radical (unpaired) electrons. The first-order chi connectivity index (χ1) is 14.5. The van der Waals surface area contributed by atoms with E-state index in [-0.39, 0.29) is 17.7 Å². The molecule has 2 aromatic heterocycles. The molecule has 0 spiro atoms. The maximum atomic E-state index is 12.0. The van der Waals surface area contributed by atoms with Gasteiger partial charge in [-0.2, -0.15) is 0 Å². The molecule has 0 saturated carbocycles. The number of amides is 1. The molecule has 30 heavy (non-hydrogen) atoms. The lowest BCUT2D eigenvalue weighted by Crippen LogP contribution is -2.40. The van der Waals surface area contributed by atoms with E-state index in [0.717, 1.165) is 23.0 Å². The number of methoxy groups -OCH3 is 2. The number of hydrogen-bond donors (Lipinski definition) is 3. The smallest absolute Gasteiger partial charge is 0.269 e. The summed E-state index contributed by atoms with van der Waals surface area (Å²) in [5.41, 5.74) is 14.4. The van der Waals surface area contributed by atoms with Gasteiger partial charge in [0.25, 0.3) is 5.91 Å². The number of nitrogens with zero attached hydrogens (tertiary/aromatic N) is 2. The number of ether oxygens (including phenoxy) is 3. The van der Waals surface area contributed by atoms with E-state index in [2.05, 4.69) is 9.97 Å². The monoisotopic (exact) mass is 411 g/mol. The van der Waals surface area contributed by atoms with Crippen molar-refractivity contribution < 1.29 is 19.0 Å². The van der Waals surface area contributed by atoms with Gasteiger partial charge in [-0.05, 0) is 37.0 Å². The van der Waals surface area contributed by atoms with Gasteiger partial charge in [-0.1, -0.05) is 0 Å². The molecule has 1 amide bonds. The van der Waals surface area contributed by atoms with Gasteiger partial charge in [0.15, 0.2) is 17.2 Å². The molecule has 1 saturated heterocycles. The minimum absolute atomic E-state index is 0.0513. The lowest BCUT2D eigenvalue weighted by Gasteiger charge is -2.28. The van der Waals surface area contributed by atoms with Crippen LogP contribution in [0, 0.1) is 5.92 Å². The Morgan fingerprint density at radius 3 is 2.87 bits per heavy atom. The summed E-state index contributed by atoms with van der Waals surface area (Å²) < 4.78 is 16.3. The quantitative estimate of drug-likeness (QED) is 0.560. The highest BCUT2D eigenvalue weighted by Crippen LogP contribution is 2.37. The Hall–Kier alpha value is -3.17. The number of carbonyl (C=O) groups is 1. The van der Waals surface area contributed by atoms with E-state index in [9.17, 15) is 4.79 Å². The number of aromatic nitrogens is 3. The lowest BCUT2D eigenvalue weighted by atomic mass is 9.91. The summed E-state index contributed by atoms with van der Waals surface area (Å²) in [4.78, 5) is 24.3. The van der Waals surface area contributed by atoms with Crippen LogP contribution in [0.25, 0.3) is 22.3 Å². The molecule has 0 bridgehead atoms. The average Bonchev–Trinajstić information content (AvgIpc) is 3.18. The number of fused-ring (bicyclic) bond motifs is 1. The fourth-order valence-electron chi connectivity index (χ4n) is 3.87. The predicted octanol–water partition coefficient (Wildman–Crippen LogP) is 1.65. The molecular weight excluding hydrogens is 386 g/mol. The first kappa shape index (κ1) is 20.1. The number of hydrogen-bond acceptors (Lipinski definition) is 7. The molecule has 0 unspecified atom stereocenters. The van der Waals surface area contributed by atoms with Gasteiger partial charge in [-0.25, -0.2) is 9.97 Å². The fourth-order valence-corrected chi connectivity index (χ4v) is 3.87. The van der Waals surface area contributed by atoms with Crippen molar-refractivity contribution in [3.05, 3.63) is 35.8 Å². The Bertz CT molecular complexity index is 1080. The van der Waals surface area contributed by atoms with Crippen LogP contribution in [-0.4, -0.2) is 54.3 Å². The average molecular weight is 411 g/mol. The van der Waals surface area contributed by atoms with Crippen LogP contribution in [0.5, 0.6) is 11.5 Å². The molecule has 3 aromatic rings. The van der Waals surface area contributed by atoms with Crippen LogP contribution in [0.2, 0.25) is 0 Å². The summed E-state index contributed by atoms with van der Waals surface area (Å²) in [7, 11) is 3.16. The molecule has 1 aromatic carbocycles. The second kappa shape index (κ2) is 8.29. The summed E-state index contributed by atoms with van der Waals surface area (Å²) >= 11 is 0. The third kappa shape index (κ3) is 3.69. The topological polar surface area (TPSA) is 138 Å². The van der Waals surface area contributed by atoms with E-state index in [0.29, 0.717) is 42.5 Å². The summed E-state index contributed by atoms with van der Waals surface area (Å²) in [6.07, 6.45) is 3.11. The zero-order valence-corrected chi connectivity index (χ0v) is 17.0. The minimum Gasteiger partial charge on any atom is -0.493 e. The fraction of sp³-hybridized carbons (Fsp3) is 0.381. The number of rotatable bonds is 6. The molecule has 158 valence electrons.